The zero-order chi connectivity index (χ0) is 14.0. The summed E-state index contributed by atoms with van der Waals surface area (Å²) in [5, 5.41) is 11.2. The second-order valence-electron chi connectivity index (χ2n) is 3.86. The smallest absolute Gasteiger partial charge is 0.332 e. The van der Waals surface area contributed by atoms with Gasteiger partial charge in [-0.1, -0.05) is 11.6 Å². The number of carbonyl (C=O) groups is 2. The highest BCUT2D eigenvalue weighted by molar-refractivity contribution is 6.32. The third-order valence-corrected chi connectivity index (χ3v) is 2.87. The van der Waals surface area contributed by atoms with Gasteiger partial charge in [0.15, 0.2) is 6.10 Å². The molecule has 1 aromatic heterocycles. The number of ether oxygens (including phenoxy) is 1. The average molecular weight is 306 g/mol. The molecule has 0 aliphatic carbocycles. The Bertz CT molecular complexity index is 505. The monoisotopic (exact) mass is 305 g/mol. The largest absolute Gasteiger partial charge is 0.479 e. The van der Waals surface area contributed by atoms with Gasteiger partial charge < -0.3 is 15.2 Å². The molecular weight excluding hydrogens is 297 g/mol. The number of anilines is 1. The molecule has 0 saturated carbocycles. The number of nitrogens with zero attached hydrogens (tertiary/aromatic N) is 2. The van der Waals surface area contributed by atoms with Crippen molar-refractivity contribution in [2.75, 3.05) is 5.32 Å². The highest BCUT2D eigenvalue weighted by Crippen LogP contribution is 2.22. The van der Waals surface area contributed by atoms with Crippen LogP contribution in [0.25, 0.3) is 0 Å². The summed E-state index contributed by atoms with van der Waals surface area (Å²) < 4.78 is 5.10. The molecule has 9 heteroatoms. The second kappa shape index (κ2) is 5.68. The van der Waals surface area contributed by atoms with E-state index < -0.39 is 24.1 Å². The molecule has 1 aliphatic heterocycles. The molecule has 0 bridgehead atoms. The number of carboxylic acid groups (broad SMARTS) is 1. The van der Waals surface area contributed by atoms with Crippen molar-refractivity contribution in [3.8, 4) is 0 Å². The zero-order valence-corrected chi connectivity index (χ0v) is 11.0. The lowest BCUT2D eigenvalue weighted by Gasteiger charge is -2.11. The van der Waals surface area contributed by atoms with Crippen molar-refractivity contribution in [3.63, 3.8) is 0 Å². The Hall–Kier alpha value is -1.44. The molecule has 1 saturated heterocycles. The Kier molecular flexibility index (Phi) is 4.18. The highest BCUT2D eigenvalue weighted by Gasteiger charge is 2.34. The Morgan fingerprint density at radius 3 is 2.58 bits per heavy atom. The van der Waals surface area contributed by atoms with E-state index in [2.05, 4.69) is 15.3 Å². The fraction of sp³-hybridized carbons (Fsp3) is 0.400. The van der Waals surface area contributed by atoms with Crippen LogP contribution in [0.1, 0.15) is 12.8 Å². The summed E-state index contributed by atoms with van der Waals surface area (Å²) in [6.45, 7) is 0. The lowest BCUT2D eigenvalue weighted by atomic mass is 10.2. The number of carboxylic acids is 1. The van der Waals surface area contributed by atoms with Gasteiger partial charge in [-0.05, 0) is 24.4 Å². The lowest BCUT2D eigenvalue weighted by molar-refractivity contribution is -0.150. The van der Waals surface area contributed by atoms with Crippen molar-refractivity contribution in [3.05, 3.63) is 16.5 Å². The zero-order valence-electron chi connectivity index (χ0n) is 9.47. The first-order valence-electron chi connectivity index (χ1n) is 5.35. The summed E-state index contributed by atoms with van der Waals surface area (Å²) in [6.07, 6.45) is -1.16. The molecule has 1 aromatic rings. The Labute approximate surface area is 117 Å². The van der Waals surface area contributed by atoms with Crippen molar-refractivity contribution in [1.82, 2.24) is 9.97 Å². The standard InChI is InChI=1S/C10H9Cl2N3O4/c11-6-3-7(15-10(12)13-6)14-8(16)4-1-2-5(19-4)9(17)18/h3-5H,1-2H2,(H,17,18)(H,13,14,15,16)/t4-,5+/m0/s1. The third kappa shape index (κ3) is 3.52. The summed E-state index contributed by atoms with van der Waals surface area (Å²) in [6, 6.07) is 1.33. The fourth-order valence-electron chi connectivity index (χ4n) is 1.67. The first kappa shape index (κ1) is 14.0. The number of carbonyl (C=O) groups excluding carboxylic acids is 1. The van der Waals surface area contributed by atoms with E-state index >= 15 is 0 Å². The maximum Gasteiger partial charge on any atom is 0.332 e. The molecule has 0 aromatic carbocycles. The summed E-state index contributed by atoms with van der Waals surface area (Å²) in [5.74, 6) is -1.43. The van der Waals surface area contributed by atoms with E-state index in [0.29, 0.717) is 12.8 Å². The van der Waals surface area contributed by atoms with E-state index in [4.69, 9.17) is 33.0 Å². The van der Waals surface area contributed by atoms with Crippen LogP contribution >= 0.6 is 23.2 Å². The van der Waals surface area contributed by atoms with Crippen molar-refractivity contribution < 1.29 is 19.4 Å². The molecule has 102 valence electrons. The van der Waals surface area contributed by atoms with Crippen LogP contribution in [0, 0.1) is 0 Å². The van der Waals surface area contributed by atoms with Gasteiger partial charge in [-0.3, -0.25) is 4.79 Å². The van der Waals surface area contributed by atoms with Crippen molar-refractivity contribution >= 4 is 40.9 Å². The van der Waals surface area contributed by atoms with Gasteiger partial charge in [-0.15, -0.1) is 0 Å². The number of hydrogen-bond acceptors (Lipinski definition) is 5. The van der Waals surface area contributed by atoms with Crippen molar-refractivity contribution in [1.29, 1.82) is 0 Å². The maximum atomic E-state index is 11.8. The van der Waals surface area contributed by atoms with Crippen LogP contribution in [0.15, 0.2) is 6.07 Å². The minimum absolute atomic E-state index is 0.0889. The molecule has 19 heavy (non-hydrogen) atoms. The van der Waals surface area contributed by atoms with Crippen LogP contribution in [-0.4, -0.2) is 39.2 Å². The van der Waals surface area contributed by atoms with Crippen LogP contribution in [0.5, 0.6) is 0 Å². The summed E-state index contributed by atoms with van der Waals surface area (Å²) in [7, 11) is 0. The number of rotatable bonds is 3. The van der Waals surface area contributed by atoms with Gasteiger partial charge in [0.25, 0.3) is 5.91 Å². The Morgan fingerprint density at radius 1 is 1.32 bits per heavy atom. The van der Waals surface area contributed by atoms with Crippen LogP contribution in [0.3, 0.4) is 0 Å². The highest BCUT2D eigenvalue weighted by atomic mass is 35.5. The van der Waals surface area contributed by atoms with E-state index in [1.807, 2.05) is 0 Å². The molecule has 1 fully saturated rings. The molecule has 2 atom stereocenters. The van der Waals surface area contributed by atoms with E-state index in [9.17, 15) is 9.59 Å². The maximum absolute atomic E-state index is 11.8. The topological polar surface area (TPSA) is 101 Å². The molecule has 1 aliphatic rings. The summed E-state index contributed by atoms with van der Waals surface area (Å²) >= 11 is 11.3. The van der Waals surface area contributed by atoms with Crippen molar-refractivity contribution in [2.45, 2.75) is 25.0 Å². The molecular formula is C10H9Cl2N3O4. The molecule has 7 nitrogen and oxygen atoms in total. The van der Waals surface area contributed by atoms with Crippen LogP contribution in [-0.2, 0) is 14.3 Å². The number of nitrogens with one attached hydrogen (secondary N) is 1. The van der Waals surface area contributed by atoms with E-state index in [1.165, 1.54) is 6.07 Å². The van der Waals surface area contributed by atoms with E-state index in [-0.39, 0.29) is 16.3 Å². The fourth-order valence-corrected chi connectivity index (χ4v) is 2.08. The van der Waals surface area contributed by atoms with Gasteiger partial charge in [0, 0.05) is 6.07 Å². The van der Waals surface area contributed by atoms with Crippen LogP contribution < -0.4 is 5.32 Å². The second-order valence-corrected chi connectivity index (χ2v) is 4.59. The quantitative estimate of drug-likeness (QED) is 0.646. The Morgan fingerprint density at radius 2 is 2.00 bits per heavy atom. The minimum atomic E-state index is -1.08. The summed E-state index contributed by atoms with van der Waals surface area (Å²) in [4.78, 5) is 29.9. The van der Waals surface area contributed by atoms with Gasteiger partial charge in [0.1, 0.15) is 17.1 Å². The predicted molar refractivity (Wildman–Crippen MR) is 66.2 cm³/mol. The number of halogens is 2. The number of aliphatic carboxylic acids is 1. The molecule has 2 rings (SSSR count). The molecule has 2 N–H and O–H groups in total. The summed E-state index contributed by atoms with van der Waals surface area (Å²) in [5.41, 5.74) is 0. The average Bonchev–Trinajstić information content (AvgIpc) is 2.76. The third-order valence-electron chi connectivity index (χ3n) is 2.51. The predicted octanol–water partition coefficient (Wildman–Crippen LogP) is 1.35. The first-order valence-corrected chi connectivity index (χ1v) is 6.10. The van der Waals surface area contributed by atoms with Gasteiger partial charge in [-0.2, -0.15) is 0 Å². The SMILES string of the molecule is O=C(Nc1cc(Cl)nc(Cl)n1)[C@@H]1CC[C@H](C(=O)O)O1. The van der Waals surface area contributed by atoms with Gasteiger partial charge >= 0.3 is 5.97 Å². The molecule has 1 amide bonds. The lowest BCUT2D eigenvalue weighted by Crippen LogP contribution is -2.30. The van der Waals surface area contributed by atoms with Gasteiger partial charge in [0.2, 0.25) is 5.28 Å². The van der Waals surface area contributed by atoms with Crippen LogP contribution in [0.2, 0.25) is 10.4 Å². The van der Waals surface area contributed by atoms with E-state index in [1.54, 1.807) is 0 Å². The number of amides is 1. The molecule has 0 spiro atoms. The number of aromatic nitrogens is 2. The molecule has 2 heterocycles. The first-order chi connectivity index (χ1) is 8.95. The van der Waals surface area contributed by atoms with Crippen molar-refractivity contribution in [2.24, 2.45) is 0 Å². The Balaban J connectivity index is 2.00. The molecule has 0 unspecified atom stereocenters. The minimum Gasteiger partial charge on any atom is -0.479 e. The van der Waals surface area contributed by atoms with Gasteiger partial charge in [0.05, 0.1) is 0 Å². The number of hydrogen-bond donors (Lipinski definition) is 2. The molecule has 0 radical (unpaired) electrons. The van der Waals surface area contributed by atoms with E-state index in [0.717, 1.165) is 0 Å². The van der Waals surface area contributed by atoms with Crippen LogP contribution in [0.4, 0.5) is 5.82 Å². The normalized spacial score (nSPS) is 22.2. The van der Waals surface area contributed by atoms with Gasteiger partial charge in [-0.25, -0.2) is 14.8 Å².